The molecule has 1 heterocycles. The van der Waals surface area contributed by atoms with Crippen LogP contribution in [-0.4, -0.2) is 25.4 Å². The second-order valence-electron chi connectivity index (χ2n) is 4.75. The monoisotopic (exact) mass is 323 g/mol. The van der Waals surface area contributed by atoms with Crippen molar-refractivity contribution in [1.29, 1.82) is 0 Å². The van der Waals surface area contributed by atoms with Gasteiger partial charge in [0.1, 0.15) is 5.69 Å². The first-order valence-corrected chi connectivity index (χ1v) is 8.79. The smallest absolute Gasteiger partial charge is 0.275 e. The predicted octanol–water partition coefficient (Wildman–Crippen LogP) is 1.84. The summed E-state index contributed by atoms with van der Waals surface area (Å²) < 4.78 is 26.6. The number of thiazole rings is 1. The number of amides is 1. The van der Waals surface area contributed by atoms with Gasteiger partial charge in [0.05, 0.1) is 10.4 Å². The van der Waals surface area contributed by atoms with Crippen molar-refractivity contribution in [3.05, 3.63) is 40.8 Å². The fourth-order valence-corrected chi connectivity index (χ4v) is 3.56. The average molecular weight is 323 g/mol. The van der Waals surface area contributed by atoms with Gasteiger partial charge in [-0.2, -0.15) is 0 Å². The van der Waals surface area contributed by atoms with Gasteiger partial charge < -0.3 is 5.32 Å². The molecule has 0 aliphatic heterocycles. The molecule has 1 saturated carbocycles. The second-order valence-corrected chi connectivity index (χ2v) is 7.18. The van der Waals surface area contributed by atoms with Gasteiger partial charge in [-0.1, -0.05) is 0 Å². The zero-order valence-corrected chi connectivity index (χ0v) is 12.6. The van der Waals surface area contributed by atoms with Crippen molar-refractivity contribution in [3.8, 4) is 0 Å². The topological polar surface area (TPSA) is 88.2 Å². The maximum absolute atomic E-state index is 12.0. The molecular weight excluding hydrogens is 310 g/mol. The minimum Gasteiger partial charge on any atom is -0.321 e. The summed E-state index contributed by atoms with van der Waals surface area (Å²) in [6.07, 6.45) is 1.78. The maximum Gasteiger partial charge on any atom is 0.275 e. The third-order valence-electron chi connectivity index (χ3n) is 2.99. The van der Waals surface area contributed by atoms with Crippen molar-refractivity contribution < 1.29 is 13.2 Å². The lowest BCUT2D eigenvalue weighted by Crippen LogP contribution is -2.25. The summed E-state index contributed by atoms with van der Waals surface area (Å²) in [6, 6.07) is 6.14. The van der Waals surface area contributed by atoms with Crippen LogP contribution in [0.3, 0.4) is 0 Å². The Kier molecular flexibility index (Phi) is 3.75. The van der Waals surface area contributed by atoms with Crippen LogP contribution in [0.2, 0.25) is 0 Å². The van der Waals surface area contributed by atoms with Gasteiger partial charge in [-0.25, -0.2) is 18.1 Å². The molecule has 21 heavy (non-hydrogen) atoms. The highest BCUT2D eigenvalue weighted by atomic mass is 32.2. The molecule has 3 rings (SSSR count). The van der Waals surface area contributed by atoms with E-state index < -0.39 is 10.0 Å². The van der Waals surface area contributed by atoms with Gasteiger partial charge >= 0.3 is 0 Å². The molecule has 0 spiro atoms. The normalized spacial score (nSPS) is 14.9. The summed E-state index contributed by atoms with van der Waals surface area (Å²) in [5.74, 6) is -0.317. The van der Waals surface area contributed by atoms with Crippen LogP contribution >= 0.6 is 11.3 Å². The molecule has 110 valence electrons. The van der Waals surface area contributed by atoms with E-state index in [1.807, 2.05) is 0 Å². The second kappa shape index (κ2) is 5.55. The molecule has 1 aliphatic carbocycles. The van der Waals surface area contributed by atoms with Crippen LogP contribution in [0, 0.1) is 0 Å². The van der Waals surface area contributed by atoms with Gasteiger partial charge in [-0.3, -0.25) is 4.79 Å². The van der Waals surface area contributed by atoms with Gasteiger partial charge in [-0.15, -0.1) is 11.3 Å². The summed E-state index contributed by atoms with van der Waals surface area (Å²) in [5, 5.41) is 4.31. The molecule has 6 nitrogen and oxygen atoms in total. The van der Waals surface area contributed by atoms with Crippen molar-refractivity contribution >= 4 is 33.0 Å². The highest BCUT2D eigenvalue weighted by molar-refractivity contribution is 7.89. The van der Waals surface area contributed by atoms with E-state index in [1.54, 1.807) is 23.0 Å². The molecule has 2 N–H and O–H groups in total. The van der Waals surface area contributed by atoms with Gasteiger partial charge in [0.2, 0.25) is 10.0 Å². The third-order valence-corrected chi connectivity index (χ3v) is 5.11. The van der Waals surface area contributed by atoms with Gasteiger partial charge in [-0.05, 0) is 37.1 Å². The van der Waals surface area contributed by atoms with E-state index in [1.165, 1.54) is 23.5 Å². The molecule has 1 amide bonds. The zero-order chi connectivity index (χ0) is 14.9. The van der Waals surface area contributed by atoms with E-state index in [4.69, 9.17) is 0 Å². The number of nitrogens with zero attached hydrogens (tertiary/aromatic N) is 1. The Morgan fingerprint density at radius 1 is 1.24 bits per heavy atom. The molecule has 0 atom stereocenters. The molecule has 0 saturated heterocycles. The largest absolute Gasteiger partial charge is 0.321 e. The fraction of sp³-hybridized carbons (Fsp3) is 0.231. The quantitative estimate of drug-likeness (QED) is 0.879. The number of hydrogen-bond acceptors (Lipinski definition) is 5. The first-order chi connectivity index (χ1) is 10.0. The van der Waals surface area contributed by atoms with Crippen molar-refractivity contribution in [2.75, 3.05) is 5.32 Å². The SMILES string of the molecule is O=C(Nc1ccc(S(=O)(=O)NC2CC2)cc1)c1cscn1. The number of nitrogens with one attached hydrogen (secondary N) is 2. The fourth-order valence-electron chi connectivity index (χ4n) is 1.73. The van der Waals surface area contributed by atoms with Crippen LogP contribution in [0.4, 0.5) is 5.69 Å². The number of hydrogen-bond donors (Lipinski definition) is 2. The highest BCUT2D eigenvalue weighted by Gasteiger charge is 2.27. The Morgan fingerprint density at radius 3 is 2.52 bits per heavy atom. The molecular formula is C13H13N3O3S2. The number of benzene rings is 1. The molecule has 2 aromatic rings. The molecule has 8 heteroatoms. The van der Waals surface area contributed by atoms with Gasteiger partial charge in [0, 0.05) is 17.1 Å². The van der Waals surface area contributed by atoms with E-state index >= 15 is 0 Å². The summed E-state index contributed by atoms with van der Waals surface area (Å²) >= 11 is 1.34. The van der Waals surface area contributed by atoms with Crippen LogP contribution in [0.1, 0.15) is 23.3 Å². The van der Waals surface area contributed by atoms with Gasteiger partial charge in [0.25, 0.3) is 5.91 Å². The van der Waals surface area contributed by atoms with E-state index in [-0.39, 0.29) is 16.8 Å². The Morgan fingerprint density at radius 2 is 1.95 bits per heavy atom. The summed E-state index contributed by atoms with van der Waals surface area (Å²) in [4.78, 5) is 15.9. The number of rotatable bonds is 5. The standard InChI is InChI=1S/C13H13N3O3S2/c17-13(12-7-20-8-14-12)15-9-3-5-11(6-4-9)21(18,19)16-10-1-2-10/h3-8,10,16H,1-2H2,(H,15,17). The average Bonchev–Trinajstić information content (AvgIpc) is 3.08. The third kappa shape index (κ3) is 3.46. The Balaban J connectivity index is 1.70. The summed E-state index contributed by atoms with van der Waals surface area (Å²) in [7, 11) is -3.46. The van der Waals surface area contributed by atoms with Crippen molar-refractivity contribution in [2.24, 2.45) is 0 Å². The Labute approximate surface area is 126 Å². The van der Waals surface area contributed by atoms with Crippen LogP contribution in [0.25, 0.3) is 0 Å². The molecule has 1 aromatic carbocycles. The lowest BCUT2D eigenvalue weighted by Gasteiger charge is -2.07. The zero-order valence-electron chi connectivity index (χ0n) is 10.9. The molecule has 0 unspecified atom stereocenters. The van der Waals surface area contributed by atoms with Crippen molar-refractivity contribution in [1.82, 2.24) is 9.71 Å². The number of carbonyl (C=O) groups excluding carboxylic acids is 1. The van der Waals surface area contributed by atoms with Crippen LogP contribution in [-0.2, 0) is 10.0 Å². The van der Waals surface area contributed by atoms with E-state index in [2.05, 4.69) is 15.0 Å². The number of aromatic nitrogens is 1. The molecule has 0 radical (unpaired) electrons. The van der Waals surface area contributed by atoms with Crippen molar-refractivity contribution in [3.63, 3.8) is 0 Å². The van der Waals surface area contributed by atoms with E-state index in [9.17, 15) is 13.2 Å². The van der Waals surface area contributed by atoms with Gasteiger partial charge in [0.15, 0.2) is 0 Å². The Hall–Kier alpha value is -1.77. The lowest BCUT2D eigenvalue weighted by atomic mass is 10.3. The number of carbonyl (C=O) groups is 1. The number of sulfonamides is 1. The molecule has 0 bridgehead atoms. The summed E-state index contributed by atoms with van der Waals surface area (Å²) in [6.45, 7) is 0. The minimum absolute atomic E-state index is 0.0686. The van der Waals surface area contributed by atoms with Crippen LogP contribution in [0.15, 0.2) is 40.1 Å². The molecule has 1 fully saturated rings. The summed E-state index contributed by atoms with van der Waals surface area (Å²) in [5.41, 5.74) is 2.44. The Bertz CT molecular complexity index is 735. The lowest BCUT2D eigenvalue weighted by molar-refractivity contribution is 0.102. The molecule has 1 aromatic heterocycles. The van der Waals surface area contributed by atoms with Crippen LogP contribution < -0.4 is 10.0 Å². The minimum atomic E-state index is -3.46. The van der Waals surface area contributed by atoms with Crippen molar-refractivity contribution in [2.45, 2.75) is 23.8 Å². The first kappa shape index (κ1) is 14.2. The van der Waals surface area contributed by atoms with E-state index in [0.717, 1.165) is 12.8 Å². The van der Waals surface area contributed by atoms with E-state index in [0.29, 0.717) is 11.4 Å². The number of anilines is 1. The van der Waals surface area contributed by atoms with Crippen LogP contribution in [0.5, 0.6) is 0 Å². The molecule has 1 aliphatic rings. The highest BCUT2D eigenvalue weighted by Crippen LogP contribution is 2.22. The predicted molar refractivity (Wildman–Crippen MR) is 79.9 cm³/mol. The maximum atomic E-state index is 12.0. The first-order valence-electron chi connectivity index (χ1n) is 6.36.